The molecule has 1 aliphatic rings. The summed E-state index contributed by atoms with van der Waals surface area (Å²) < 4.78 is 31.1. The van der Waals surface area contributed by atoms with Crippen molar-refractivity contribution in [1.29, 1.82) is 0 Å². The summed E-state index contributed by atoms with van der Waals surface area (Å²) >= 11 is 0. The van der Waals surface area contributed by atoms with Crippen LogP contribution in [0.15, 0.2) is 27.9 Å². The molecule has 7 heteroatoms. The Morgan fingerprint density at radius 2 is 1.76 bits per heavy atom. The fourth-order valence-electron chi connectivity index (χ4n) is 3.82. The molecule has 1 fully saturated rings. The first-order chi connectivity index (χ1) is 11.5. The van der Waals surface area contributed by atoms with Crippen molar-refractivity contribution in [2.45, 2.75) is 51.0 Å². The molecule has 0 saturated carbocycles. The summed E-state index contributed by atoms with van der Waals surface area (Å²) in [4.78, 5) is 12.3. The maximum Gasteiger partial charge on any atom is 0.328 e. The largest absolute Gasteiger partial charge is 0.328 e. The first-order valence-electron chi connectivity index (χ1n) is 8.70. The van der Waals surface area contributed by atoms with Crippen LogP contribution in [0.3, 0.4) is 0 Å². The lowest BCUT2D eigenvalue weighted by Gasteiger charge is -2.29. The first-order valence-corrected chi connectivity index (χ1v) is 10.1. The summed E-state index contributed by atoms with van der Waals surface area (Å²) in [6, 6.07) is 5.00. The van der Waals surface area contributed by atoms with Crippen molar-refractivity contribution < 1.29 is 8.42 Å². The zero-order valence-electron chi connectivity index (χ0n) is 15.6. The van der Waals surface area contributed by atoms with Gasteiger partial charge in [-0.1, -0.05) is 20.8 Å². The van der Waals surface area contributed by atoms with Crippen LogP contribution in [0.2, 0.25) is 0 Å². The van der Waals surface area contributed by atoms with Crippen LogP contribution in [0.4, 0.5) is 0 Å². The SMILES string of the molecule is Cn1c(=O)n(C)c2cc(S(=O)(=O)N3CCCC3CC(C)(C)C)ccc21. The molecule has 0 amide bonds. The molecular formula is C18H27N3O3S. The van der Waals surface area contributed by atoms with Gasteiger partial charge in [-0.2, -0.15) is 4.31 Å². The number of hydrogen-bond donors (Lipinski definition) is 0. The van der Waals surface area contributed by atoms with Gasteiger partial charge in [-0.05, 0) is 42.9 Å². The molecule has 0 spiro atoms. The first kappa shape index (κ1) is 18.2. The van der Waals surface area contributed by atoms with Crippen LogP contribution in [0.5, 0.6) is 0 Å². The third kappa shape index (κ3) is 3.15. The lowest BCUT2D eigenvalue weighted by Crippen LogP contribution is -2.37. The molecule has 0 N–H and O–H groups in total. The molecule has 0 bridgehead atoms. The molecule has 6 nitrogen and oxygen atoms in total. The van der Waals surface area contributed by atoms with Crippen LogP contribution in [-0.4, -0.2) is 34.4 Å². The Labute approximate surface area is 149 Å². The molecule has 1 atom stereocenters. The Morgan fingerprint density at radius 3 is 2.40 bits per heavy atom. The maximum atomic E-state index is 13.2. The molecule has 138 valence electrons. The zero-order chi connectivity index (χ0) is 18.6. The highest BCUT2D eigenvalue weighted by molar-refractivity contribution is 7.89. The van der Waals surface area contributed by atoms with Gasteiger partial charge in [-0.25, -0.2) is 13.2 Å². The van der Waals surface area contributed by atoms with E-state index in [0.717, 1.165) is 24.8 Å². The normalized spacial score (nSPS) is 19.8. The number of nitrogens with zero attached hydrogens (tertiary/aromatic N) is 3. The molecular weight excluding hydrogens is 338 g/mol. The number of fused-ring (bicyclic) bond motifs is 1. The number of hydrogen-bond acceptors (Lipinski definition) is 3. The molecule has 1 aromatic heterocycles. The van der Waals surface area contributed by atoms with Crippen molar-refractivity contribution in [2.75, 3.05) is 6.54 Å². The van der Waals surface area contributed by atoms with Crippen molar-refractivity contribution >= 4 is 21.1 Å². The van der Waals surface area contributed by atoms with E-state index in [1.54, 1.807) is 36.6 Å². The molecule has 0 radical (unpaired) electrons. The summed E-state index contributed by atoms with van der Waals surface area (Å²) in [5, 5.41) is 0. The van der Waals surface area contributed by atoms with Crippen LogP contribution < -0.4 is 5.69 Å². The quantitative estimate of drug-likeness (QED) is 0.839. The molecule has 1 aliphatic heterocycles. The van der Waals surface area contributed by atoms with E-state index in [0.29, 0.717) is 12.1 Å². The Hall–Kier alpha value is -1.60. The van der Waals surface area contributed by atoms with E-state index in [9.17, 15) is 13.2 Å². The highest BCUT2D eigenvalue weighted by atomic mass is 32.2. The summed E-state index contributed by atoms with van der Waals surface area (Å²) in [5.74, 6) is 0. The monoisotopic (exact) mass is 365 g/mol. The standard InChI is InChI=1S/C18H27N3O3S/c1-18(2,3)12-13-7-6-10-21(13)25(23,24)14-8-9-15-16(11-14)20(5)17(22)19(15)4/h8-9,11,13H,6-7,10,12H2,1-5H3. The van der Waals surface area contributed by atoms with Gasteiger partial charge in [0.2, 0.25) is 10.0 Å². The fraction of sp³-hybridized carbons (Fsp3) is 0.611. The van der Waals surface area contributed by atoms with Crippen molar-refractivity contribution in [3.8, 4) is 0 Å². The van der Waals surface area contributed by atoms with E-state index >= 15 is 0 Å². The van der Waals surface area contributed by atoms with Gasteiger partial charge in [0.15, 0.2) is 0 Å². The van der Waals surface area contributed by atoms with Gasteiger partial charge in [0.1, 0.15) is 0 Å². The van der Waals surface area contributed by atoms with Crippen LogP contribution >= 0.6 is 0 Å². The van der Waals surface area contributed by atoms with Crippen LogP contribution in [0.1, 0.15) is 40.0 Å². The summed E-state index contributed by atoms with van der Waals surface area (Å²) in [7, 11) is -0.204. The van der Waals surface area contributed by atoms with E-state index in [1.807, 2.05) is 0 Å². The predicted octanol–water partition coefficient (Wildman–Crippen LogP) is 2.47. The number of aryl methyl sites for hydroxylation is 2. The van der Waals surface area contributed by atoms with E-state index in [1.165, 1.54) is 9.13 Å². The number of rotatable bonds is 3. The molecule has 1 unspecified atom stereocenters. The van der Waals surface area contributed by atoms with E-state index in [-0.39, 0.29) is 22.0 Å². The second-order valence-corrected chi connectivity index (χ2v) is 10.1. The Morgan fingerprint density at radius 1 is 1.12 bits per heavy atom. The molecule has 25 heavy (non-hydrogen) atoms. The van der Waals surface area contributed by atoms with E-state index < -0.39 is 10.0 Å². The average Bonchev–Trinajstić information content (AvgIpc) is 3.06. The van der Waals surface area contributed by atoms with Gasteiger partial charge < -0.3 is 0 Å². The Kier molecular flexibility index (Phi) is 4.36. The third-order valence-electron chi connectivity index (χ3n) is 5.02. The van der Waals surface area contributed by atoms with Crippen molar-refractivity contribution in [1.82, 2.24) is 13.4 Å². The molecule has 2 aromatic rings. The number of benzene rings is 1. The predicted molar refractivity (Wildman–Crippen MR) is 99.1 cm³/mol. The van der Waals surface area contributed by atoms with Crippen LogP contribution in [0, 0.1) is 5.41 Å². The molecule has 1 saturated heterocycles. The van der Waals surface area contributed by atoms with Gasteiger partial charge in [0.25, 0.3) is 0 Å². The second kappa shape index (κ2) is 5.99. The highest BCUT2D eigenvalue weighted by Crippen LogP contribution is 2.34. The summed E-state index contributed by atoms with van der Waals surface area (Å²) in [6.07, 6.45) is 2.65. The molecule has 3 rings (SSSR count). The average molecular weight is 365 g/mol. The zero-order valence-corrected chi connectivity index (χ0v) is 16.4. The third-order valence-corrected chi connectivity index (χ3v) is 6.97. The lowest BCUT2D eigenvalue weighted by molar-refractivity contribution is 0.267. The topological polar surface area (TPSA) is 64.3 Å². The number of aromatic nitrogens is 2. The molecule has 0 aliphatic carbocycles. The minimum atomic E-state index is -3.56. The highest BCUT2D eigenvalue weighted by Gasteiger charge is 2.37. The van der Waals surface area contributed by atoms with Crippen LogP contribution in [-0.2, 0) is 24.1 Å². The smallest absolute Gasteiger partial charge is 0.295 e. The van der Waals surface area contributed by atoms with Crippen molar-refractivity contribution in [3.63, 3.8) is 0 Å². The second-order valence-electron chi connectivity index (χ2n) is 8.23. The molecule has 1 aromatic carbocycles. The van der Waals surface area contributed by atoms with E-state index in [2.05, 4.69) is 20.8 Å². The van der Waals surface area contributed by atoms with Crippen molar-refractivity contribution in [2.24, 2.45) is 19.5 Å². The van der Waals surface area contributed by atoms with Gasteiger partial charge in [0, 0.05) is 26.7 Å². The Balaban J connectivity index is 2.04. The molecule has 2 heterocycles. The van der Waals surface area contributed by atoms with Gasteiger partial charge in [-0.15, -0.1) is 0 Å². The Bertz CT molecular complexity index is 964. The minimum Gasteiger partial charge on any atom is -0.295 e. The van der Waals surface area contributed by atoms with Gasteiger partial charge >= 0.3 is 5.69 Å². The summed E-state index contributed by atoms with van der Waals surface area (Å²) in [5.41, 5.74) is 1.30. The lowest BCUT2D eigenvalue weighted by atomic mass is 9.88. The summed E-state index contributed by atoms with van der Waals surface area (Å²) in [6.45, 7) is 6.99. The minimum absolute atomic E-state index is 0.0419. The van der Waals surface area contributed by atoms with Crippen molar-refractivity contribution in [3.05, 3.63) is 28.7 Å². The van der Waals surface area contributed by atoms with Gasteiger partial charge in [-0.3, -0.25) is 9.13 Å². The fourth-order valence-corrected chi connectivity index (χ4v) is 5.53. The van der Waals surface area contributed by atoms with Crippen LogP contribution in [0.25, 0.3) is 11.0 Å². The van der Waals surface area contributed by atoms with Gasteiger partial charge in [0.05, 0.1) is 15.9 Å². The van der Waals surface area contributed by atoms with E-state index in [4.69, 9.17) is 0 Å². The number of imidazole rings is 1. The number of sulfonamides is 1. The maximum absolute atomic E-state index is 13.2.